The summed E-state index contributed by atoms with van der Waals surface area (Å²) in [6, 6.07) is 0. The van der Waals surface area contributed by atoms with Crippen molar-refractivity contribution in [1.82, 2.24) is 9.80 Å². The van der Waals surface area contributed by atoms with Crippen molar-refractivity contribution in [2.24, 2.45) is 0 Å². The van der Waals surface area contributed by atoms with Gasteiger partial charge in [0.2, 0.25) is 11.8 Å². The molecular formula is C12H22N2O3. The van der Waals surface area contributed by atoms with E-state index in [4.69, 9.17) is 4.74 Å². The van der Waals surface area contributed by atoms with Gasteiger partial charge in [0.25, 0.3) is 0 Å². The average Bonchev–Trinajstić information content (AvgIpc) is 2.23. The Morgan fingerprint density at radius 1 is 1.41 bits per heavy atom. The highest BCUT2D eigenvalue weighted by molar-refractivity contribution is 5.92. The summed E-state index contributed by atoms with van der Waals surface area (Å²) < 4.78 is 5.30. The van der Waals surface area contributed by atoms with Crippen LogP contribution in [0.3, 0.4) is 0 Å². The standard InChI is InChI=1S/C12H22N2O3/c1-9(2)17-8-10(15)14-7-6-13(5)11(16)12(14,3)4/h9H,6-8H2,1-5H3. The summed E-state index contributed by atoms with van der Waals surface area (Å²) in [4.78, 5) is 27.3. The molecule has 0 atom stereocenters. The van der Waals surface area contributed by atoms with Gasteiger partial charge in [0, 0.05) is 20.1 Å². The number of amides is 2. The highest BCUT2D eigenvalue weighted by atomic mass is 16.5. The molecule has 0 aromatic heterocycles. The summed E-state index contributed by atoms with van der Waals surface area (Å²) in [6.45, 7) is 8.50. The van der Waals surface area contributed by atoms with E-state index in [-0.39, 0.29) is 24.5 Å². The van der Waals surface area contributed by atoms with E-state index in [2.05, 4.69) is 0 Å². The predicted octanol–water partition coefficient (Wildman–Crippen LogP) is 0.491. The third-order valence-corrected chi connectivity index (χ3v) is 3.05. The minimum absolute atomic E-state index is 0.0187. The summed E-state index contributed by atoms with van der Waals surface area (Å²) >= 11 is 0. The third kappa shape index (κ3) is 2.97. The van der Waals surface area contributed by atoms with Crippen molar-refractivity contribution in [3.63, 3.8) is 0 Å². The number of rotatable bonds is 3. The molecule has 0 bridgehead atoms. The first-order valence-electron chi connectivity index (χ1n) is 5.94. The molecule has 5 heteroatoms. The van der Waals surface area contributed by atoms with Crippen LogP contribution in [-0.2, 0) is 14.3 Å². The van der Waals surface area contributed by atoms with Gasteiger partial charge in [0.05, 0.1) is 6.10 Å². The van der Waals surface area contributed by atoms with E-state index >= 15 is 0 Å². The predicted molar refractivity (Wildman–Crippen MR) is 64.5 cm³/mol. The first-order chi connectivity index (χ1) is 7.76. The molecule has 0 spiro atoms. The molecule has 1 rings (SSSR count). The van der Waals surface area contributed by atoms with Crippen molar-refractivity contribution in [2.75, 3.05) is 26.7 Å². The van der Waals surface area contributed by atoms with E-state index in [0.717, 1.165) is 0 Å². The Hall–Kier alpha value is -1.10. The number of hydrogen-bond donors (Lipinski definition) is 0. The molecule has 1 saturated heterocycles. The molecular weight excluding hydrogens is 220 g/mol. The van der Waals surface area contributed by atoms with E-state index in [1.54, 1.807) is 30.7 Å². The van der Waals surface area contributed by atoms with Crippen LogP contribution in [0, 0.1) is 0 Å². The molecule has 2 amide bonds. The summed E-state index contributed by atoms with van der Waals surface area (Å²) in [5.41, 5.74) is -0.773. The lowest BCUT2D eigenvalue weighted by atomic mass is 9.98. The van der Waals surface area contributed by atoms with Gasteiger partial charge >= 0.3 is 0 Å². The second-order valence-corrected chi connectivity index (χ2v) is 5.19. The number of carbonyl (C=O) groups excluding carboxylic acids is 2. The average molecular weight is 242 g/mol. The Labute approximate surface area is 103 Å². The van der Waals surface area contributed by atoms with Gasteiger partial charge in [-0.15, -0.1) is 0 Å². The fourth-order valence-corrected chi connectivity index (χ4v) is 1.97. The topological polar surface area (TPSA) is 49.9 Å². The Bertz CT molecular complexity index is 313. The first kappa shape index (κ1) is 14.0. The van der Waals surface area contributed by atoms with Crippen LogP contribution < -0.4 is 0 Å². The molecule has 17 heavy (non-hydrogen) atoms. The molecule has 0 unspecified atom stereocenters. The largest absolute Gasteiger partial charge is 0.369 e. The van der Waals surface area contributed by atoms with Gasteiger partial charge < -0.3 is 14.5 Å². The molecule has 0 N–H and O–H groups in total. The number of ether oxygens (including phenoxy) is 1. The van der Waals surface area contributed by atoms with E-state index in [9.17, 15) is 9.59 Å². The third-order valence-electron chi connectivity index (χ3n) is 3.05. The normalized spacial score (nSPS) is 20.0. The van der Waals surface area contributed by atoms with E-state index in [1.807, 2.05) is 13.8 Å². The minimum Gasteiger partial charge on any atom is -0.369 e. The minimum atomic E-state index is -0.773. The lowest BCUT2D eigenvalue weighted by molar-refractivity contribution is -0.160. The van der Waals surface area contributed by atoms with Crippen LogP contribution in [0.4, 0.5) is 0 Å². The number of piperazine rings is 1. The molecule has 0 saturated carbocycles. The number of carbonyl (C=O) groups is 2. The van der Waals surface area contributed by atoms with Gasteiger partial charge in [-0.3, -0.25) is 9.59 Å². The molecule has 0 aliphatic carbocycles. The van der Waals surface area contributed by atoms with Crippen LogP contribution in [0.25, 0.3) is 0 Å². The molecule has 1 heterocycles. The second-order valence-electron chi connectivity index (χ2n) is 5.19. The number of likely N-dealkylation sites (N-methyl/N-ethyl adjacent to an activating group) is 1. The van der Waals surface area contributed by atoms with Crippen molar-refractivity contribution in [2.45, 2.75) is 39.3 Å². The maximum absolute atomic E-state index is 12.0. The van der Waals surface area contributed by atoms with E-state index < -0.39 is 5.54 Å². The highest BCUT2D eigenvalue weighted by Gasteiger charge is 2.42. The fraction of sp³-hybridized carbons (Fsp3) is 0.833. The quantitative estimate of drug-likeness (QED) is 0.723. The highest BCUT2D eigenvalue weighted by Crippen LogP contribution is 2.21. The van der Waals surface area contributed by atoms with Gasteiger partial charge in [0.1, 0.15) is 12.1 Å². The Balaban J connectivity index is 2.70. The van der Waals surface area contributed by atoms with Crippen molar-refractivity contribution in [1.29, 1.82) is 0 Å². The summed E-state index contributed by atoms with van der Waals surface area (Å²) in [7, 11) is 1.76. The monoisotopic (exact) mass is 242 g/mol. The van der Waals surface area contributed by atoms with Gasteiger partial charge in [-0.25, -0.2) is 0 Å². The van der Waals surface area contributed by atoms with Crippen LogP contribution in [0.15, 0.2) is 0 Å². The van der Waals surface area contributed by atoms with Crippen LogP contribution in [0.1, 0.15) is 27.7 Å². The van der Waals surface area contributed by atoms with Gasteiger partial charge in [0.15, 0.2) is 0 Å². The van der Waals surface area contributed by atoms with Crippen LogP contribution >= 0.6 is 0 Å². The molecule has 0 aromatic rings. The molecule has 1 fully saturated rings. The van der Waals surface area contributed by atoms with Crippen molar-refractivity contribution >= 4 is 11.8 Å². The van der Waals surface area contributed by atoms with Crippen molar-refractivity contribution in [3.8, 4) is 0 Å². The first-order valence-corrected chi connectivity index (χ1v) is 5.94. The summed E-state index contributed by atoms with van der Waals surface area (Å²) in [6.07, 6.45) is 0.0187. The Morgan fingerprint density at radius 2 is 2.00 bits per heavy atom. The van der Waals surface area contributed by atoms with Gasteiger partial charge in [-0.05, 0) is 27.7 Å². The molecule has 1 aliphatic heterocycles. The summed E-state index contributed by atoms with van der Waals surface area (Å²) in [5.74, 6) is -0.146. The molecule has 1 aliphatic rings. The zero-order valence-corrected chi connectivity index (χ0v) is 11.3. The van der Waals surface area contributed by atoms with E-state index in [0.29, 0.717) is 13.1 Å². The fourth-order valence-electron chi connectivity index (χ4n) is 1.97. The van der Waals surface area contributed by atoms with Gasteiger partial charge in [-0.2, -0.15) is 0 Å². The van der Waals surface area contributed by atoms with Gasteiger partial charge in [-0.1, -0.05) is 0 Å². The molecule has 5 nitrogen and oxygen atoms in total. The van der Waals surface area contributed by atoms with Crippen molar-refractivity contribution < 1.29 is 14.3 Å². The molecule has 98 valence electrons. The van der Waals surface area contributed by atoms with Crippen LogP contribution in [0.2, 0.25) is 0 Å². The Morgan fingerprint density at radius 3 is 2.53 bits per heavy atom. The molecule has 0 radical (unpaired) electrons. The maximum Gasteiger partial charge on any atom is 0.249 e. The molecule has 0 aromatic carbocycles. The van der Waals surface area contributed by atoms with Crippen LogP contribution in [0.5, 0.6) is 0 Å². The maximum atomic E-state index is 12.0. The lowest BCUT2D eigenvalue weighted by Gasteiger charge is -2.44. The lowest BCUT2D eigenvalue weighted by Crippen LogP contribution is -2.64. The number of nitrogens with zero attached hydrogens (tertiary/aromatic N) is 2. The Kier molecular flexibility index (Phi) is 4.14. The summed E-state index contributed by atoms with van der Waals surface area (Å²) in [5, 5.41) is 0. The van der Waals surface area contributed by atoms with E-state index in [1.165, 1.54) is 0 Å². The zero-order valence-electron chi connectivity index (χ0n) is 11.3. The van der Waals surface area contributed by atoms with Crippen LogP contribution in [-0.4, -0.2) is 60.0 Å². The second kappa shape index (κ2) is 5.04. The number of hydrogen-bond acceptors (Lipinski definition) is 3. The SMILES string of the molecule is CC(C)OCC(=O)N1CCN(C)C(=O)C1(C)C. The smallest absolute Gasteiger partial charge is 0.249 e. The van der Waals surface area contributed by atoms with Crippen molar-refractivity contribution in [3.05, 3.63) is 0 Å². The zero-order chi connectivity index (χ0) is 13.2.